The fourth-order valence-electron chi connectivity index (χ4n) is 1.29. The molecule has 0 aromatic carbocycles. The minimum Gasteiger partial charge on any atom is -0.396 e. The van der Waals surface area contributed by atoms with Crippen molar-refractivity contribution in [1.29, 1.82) is 0 Å². The van der Waals surface area contributed by atoms with Crippen LogP contribution in [0.15, 0.2) is 0 Å². The summed E-state index contributed by atoms with van der Waals surface area (Å²) in [6.45, 7) is 4.54. The zero-order chi connectivity index (χ0) is 11.9. The van der Waals surface area contributed by atoms with Gasteiger partial charge in [0.05, 0.1) is 5.75 Å². The number of sulfonamides is 1. The van der Waals surface area contributed by atoms with Crippen LogP contribution < -0.4 is 5.32 Å². The van der Waals surface area contributed by atoms with Gasteiger partial charge in [-0.3, -0.25) is 0 Å². The fraction of sp³-hybridized carbons (Fsp3) is 1.00. The highest BCUT2D eigenvalue weighted by Crippen LogP contribution is 2.08. The van der Waals surface area contributed by atoms with Crippen molar-refractivity contribution in [2.24, 2.45) is 0 Å². The molecule has 0 aliphatic rings. The van der Waals surface area contributed by atoms with E-state index < -0.39 is 10.0 Å². The van der Waals surface area contributed by atoms with Gasteiger partial charge in [-0.25, -0.2) is 8.42 Å². The summed E-state index contributed by atoms with van der Waals surface area (Å²) in [6.07, 6.45) is 0.483. The van der Waals surface area contributed by atoms with Crippen LogP contribution in [0.5, 0.6) is 0 Å². The van der Waals surface area contributed by atoms with E-state index in [-0.39, 0.29) is 18.4 Å². The van der Waals surface area contributed by atoms with Crippen molar-refractivity contribution < 1.29 is 13.5 Å². The molecule has 0 amide bonds. The molecule has 0 aliphatic heterocycles. The van der Waals surface area contributed by atoms with Crippen molar-refractivity contribution in [3.8, 4) is 0 Å². The van der Waals surface area contributed by atoms with Gasteiger partial charge in [-0.05, 0) is 27.3 Å². The number of aliphatic hydroxyl groups is 1. The third kappa shape index (κ3) is 5.46. The maximum atomic E-state index is 11.8. The second-order valence-electron chi connectivity index (χ2n) is 3.70. The van der Waals surface area contributed by atoms with E-state index >= 15 is 0 Å². The molecule has 92 valence electrons. The van der Waals surface area contributed by atoms with E-state index in [4.69, 9.17) is 5.11 Å². The molecule has 0 rings (SSSR count). The van der Waals surface area contributed by atoms with Gasteiger partial charge < -0.3 is 10.4 Å². The monoisotopic (exact) mass is 238 g/mol. The first-order valence-corrected chi connectivity index (χ1v) is 6.81. The number of hydrogen-bond acceptors (Lipinski definition) is 4. The van der Waals surface area contributed by atoms with Crippen molar-refractivity contribution in [2.45, 2.75) is 26.3 Å². The molecule has 0 saturated heterocycles. The molecule has 0 radical (unpaired) electrons. The molecule has 0 aliphatic carbocycles. The van der Waals surface area contributed by atoms with Gasteiger partial charge in [0.25, 0.3) is 0 Å². The molecule has 2 N–H and O–H groups in total. The van der Waals surface area contributed by atoms with E-state index in [0.29, 0.717) is 19.5 Å². The molecule has 0 aromatic rings. The first kappa shape index (κ1) is 14.8. The predicted octanol–water partition coefficient (Wildman–Crippen LogP) is -0.372. The molecule has 15 heavy (non-hydrogen) atoms. The van der Waals surface area contributed by atoms with Gasteiger partial charge in [0.1, 0.15) is 0 Å². The van der Waals surface area contributed by atoms with Crippen molar-refractivity contribution >= 4 is 10.0 Å². The first-order valence-electron chi connectivity index (χ1n) is 5.20. The maximum Gasteiger partial charge on any atom is 0.215 e. The summed E-state index contributed by atoms with van der Waals surface area (Å²) in [4.78, 5) is 0. The van der Waals surface area contributed by atoms with Crippen LogP contribution in [0.25, 0.3) is 0 Å². The summed E-state index contributed by atoms with van der Waals surface area (Å²) in [5.74, 6) is 0.104. The maximum absolute atomic E-state index is 11.8. The Morgan fingerprint density at radius 2 is 2.00 bits per heavy atom. The van der Waals surface area contributed by atoms with Gasteiger partial charge in [0.15, 0.2) is 0 Å². The first-order chi connectivity index (χ1) is 6.95. The van der Waals surface area contributed by atoms with E-state index in [1.54, 1.807) is 7.05 Å². The molecule has 0 saturated carbocycles. The fourth-order valence-corrected chi connectivity index (χ4v) is 3.04. The summed E-state index contributed by atoms with van der Waals surface area (Å²) in [6, 6.07) is -0.0570. The summed E-state index contributed by atoms with van der Waals surface area (Å²) in [7, 11) is -1.47. The van der Waals surface area contributed by atoms with Crippen LogP contribution >= 0.6 is 0 Å². The molecule has 0 atom stereocenters. The number of nitrogens with zero attached hydrogens (tertiary/aromatic N) is 1. The van der Waals surface area contributed by atoms with Gasteiger partial charge in [-0.1, -0.05) is 0 Å². The molecular weight excluding hydrogens is 216 g/mol. The lowest BCUT2D eigenvalue weighted by Gasteiger charge is -2.25. The van der Waals surface area contributed by atoms with E-state index in [9.17, 15) is 8.42 Å². The molecule has 0 heterocycles. The van der Waals surface area contributed by atoms with Gasteiger partial charge >= 0.3 is 0 Å². The van der Waals surface area contributed by atoms with E-state index in [1.807, 2.05) is 13.8 Å². The largest absolute Gasteiger partial charge is 0.396 e. The number of nitrogens with one attached hydrogen (secondary N) is 1. The van der Waals surface area contributed by atoms with E-state index in [2.05, 4.69) is 5.32 Å². The highest BCUT2D eigenvalue weighted by molar-refractivity contribution is 7.89. The Kier molecular flexibility index (Phi) is 7.08. The van der Waals surface area contributed by atoms with Crippen LogP contribution in [0.3, 0.4) is 0 Å². The van der Waals surface area contributed by atoms with Gasteiger partial charge in [-0.15, -0.1) is 0 Å². The topological polar surface area (TPSA) is 69.6 Å². The van der Waals surface area contributed by atoms with E-state index in [0.717, 1.165) is 0 Å². The van der Waals surface area contributed by atoms with E-state index in [1.165, 1.54) is 4.31 Å². The van der Waals surface area contributed by atoms with Gasteiger partial charge in [0.2, 0.25) is 10.0 Å². The minimum atomic E-state index is -3.20. The summed E-state index contributed by atoms with van der Waals surface area (Å²) < 4.78 is 25.1. The molecule has 0 bridgehead atoms. The normalized spacial score (nSPS) is 12.7. The smallest absolute Gasteiger partial charge is 0.215 e. The Morgan fingerprint density at radius 3 is 2.40 bits per heavy atom. The van der Waals surface area contributed by atoms with Crippen LogP contribution in [0.4, 0.5) is 0 Å². The number of aliphatic hydroxyl groups excluding tert-OH is 1. The van der Waals surface area contributed by atoms with Gasteiger partial charge in [-0.2, -0.15) is 4.31 Å². The number of hydrogen-bond donors (Lipinski definition) is 2. The molecule has 0 aromatic heterocycles. The lowest BCUT2D eigenvalue weighted by molar-refractivity contribution is 0.258. The molecule has 6 heteroatoms. The highest BCUT2D eigenvalue weighted by atomic mass is 32.2. The molecule has 0 fully saturated rings. The van der Waals surface area contributed by atoms with Crippen LogP contribution in [0.2, 0.25) is 0 Å². The lowest BCUT2D eigenvalue weighted by atomic mass is 10.3. The lowest BCUT2D eigenvalue weighted by Crippen LogP contribution is -2.41. The minimum absolute atomic E-state index is 0.0186. The predicted molar refractivity (Wildman–Crippen MR) is 61.3 cm³/mol. The Morgan fingerprint density at radius 1 is 1.40 bits per heavy atom. The summed E-state index contributed by atoms with van der Waals surface area (Å²) >= 11 is 0. The van der Waals surface area contributed by atoms with Crippen LogP contribution in [0, 0.1) is 0 Å². The summed E-state index contributed by atoms with van der Waals surface area (Å²) in [5, 5.41) is 11.5. The van der Waals surface area contributed by atoms with Gasteiger partial charge in [0, 0.05) is 25.7 Å². The second-order valence-corrected chi connectivity index (χ2v) is 5.74. The third-order valence-corrected chi connectivity index (χ3v) is 4.12. The Balaban J connectivity index is 4.45. The SMILES string of the molecule is CNCCS(=O)(=O)N(CCCO)C(C)C. The second kappa shape index (κ2) is 7.16. The van der Waals surface area contributed by atoms with Crippen LogP contribution in [-0.2, 0) is 10.0 Å². The van der Waals surface area contributed by atoms with Crippen LogP contribution in [0.1, 0.15) is 20.3 Å². The zero-order valence-electron chi connectivity index (χ0n) is 9.73. The Hall–Kier alpha value is -0.170. The molecule has 0 unspecified atom stereocenters. The van der Waals surface area contributed by atoms with Crippen molar-refractivity contribution in [3.63, 3.8) is 0 Å². The van der Waals surface area contributed by atoms with Crippen molar-refractivity contribution in [2.75, 3.05) is 32.5 Å². The Bertz CT molecular complexity index is 252. The Labute approximate surface area is 92.5 Å². The quantitative estimate of drug-likeness (QED) is 0.605. The molecule has 5 nitrogen and oxygen atoms in total. The highest BCUT2D eigenvalue weighted by Gasteiger charge is 2.23. The van der Waals surface area contributed by atoms with Crippen molar-refractivity contribution in [3.05, 3.63) is 0 Å². The molecular formula is C9H22N2O3S. The third-order valence-electron chi connectivity index (χ3n) is 2.08. The summed E-state index contributed by atoms with van der Waals surface area (Å²) in [5.41, 5.74) is 0. The average Bonchev–Trinajstić information content (AvgIpc) is 2.14. The number of rotatable bonds is 8. The molecule has 0 spiro atoms. The van der Waals surface area contributed by atoms with Crippen molar-refractivity contribution in [1.82, 2.24) is 9.62 Å². The standard InChI is InChI=1S/C9H22N2O3S/c1-9(2)11(6-4-7-12)15(13,14)8-5-10-3/h9-10,12H,4-8H2,1-3H3. The zero-order valence-corrected chi connectivity index (χ0v) is 10.5. The van der Waals surface area contributed by atoms with Crippen LogP contribution in [-0.4, -0.2) is 56.4 Å². The average molecular weight is 238 g/mol.